The van der Waals surface area contributed by atoms with Gasteiger partial charge < -0.3 is 24.0 Å². The molecule has 1 N–H and O–H groups in total. The lowest BCUT2D eigenvalue weighted by molar-refractivity contribution is -0.917. The molecule has 1 heterocycles. The van der Waals surface area contributed by atoms with Crippen LogP contribution in [-0.4, -0.2) is 58.3 Å². The van der Waals surface area contributed by atoms with Gasteiger partial charge in [0.1, 0.15) is 12.3 Å². The van der Waals surface area contributed by atoms with E-state index < -0.39 is 0 Å². The summed E-state index contributed by atoms with van der Waals surface area (Å²) in [5.74, 6) is 1.47. The number of piperazine rings is 1. The van der Waals surface area contributed by atoms with Crippen LogP contribution in [0.1, 0.15) is 15.9 Å². The van der Waals surface area contributed by atoms with E-state index in [1.165, 1.54) is 10.5 Å². The molecule has 0 spiro atoms. The topological polar surface area (TPSA) is 52.4 Å². The largest absolute Gasteiger partial charge is 0.496 e. The molecule has 28 heavy (non-hydrogen) atoms. The molecular formula is C21H26ClN2O4+. The van der Waals surface area contributed by atoms with E-state index in [2.05, 4.69) is 6.07 Å². The summed E-state index contributed by atoms with van der Waals surface area (Å²) >= 11 is 6.08. The number of methoxy groups -OCH3 is 3. The summed E-state index contributed by atoms with van der Waals surface area (Å²) < 4.78 is 16.0. The van der Waals surface area contributed by atoms with Crippen LogP contribution >= 0.6 is 11.6 Å². The van der Waals surface area contributed by atoms with Crippen LogP contribution in [0.4, 0.5) is 0 Å². The normalized spacial score (nSPS) is 14.6. The molecule has 6 nitrogen and oxygen atoms in total. The number of carbonyl (C=O) groups is 1. The number of nitrogens with zero attached hydrogens (tertiary/aromatic N) is 1. The van der Waals surface area contributed by atoms with Crippen molar-refractivity contribution in [3.8, 4) is 17.2 Å². The highest BCUT2D eigenvalue weighted by molar-refractivity contribution is 6.30. The molecule has 0 aromatic heterocycles. The molecule has 0 unspecified atom stereocenters. The first kappa shape index (κ1) is 20.3. The van der Waals surface area contributed by atoms with Crippen LogP contribution in [0.5, 0.6) is 17.2 Å². The summed E-state index contributed by atoms with van der Waals surface area (Å²) in [6.07, 6.45) is 0. The Morgan fingerprint density at radius 3 is 2.25 bits per heavy atom. The minimum absolute atomic E-state index is 0.0559. The van der Waals surface area contributed by atoms with E-state index in [0.717, 1.165) is 24.7 Å². The average Bonchev–Trinajstić information content (AvgIpc) is 2.72. The highest BCUT2D eigenvalue weighted by atomic mass is 35.5. The predicted octanol–water partition coefficient (Wildman–Crippen LogP) is 1.91. The summed E-state index contributed by atoms with van der Waals surface area (Å²) in [6, 6.07) is 11.3. The molecule has 0 radical (unpaired) electrons. The van der Waals surface area contributed by atoms with Crippen molar-refractivity contribution in [3.05, 3.63) is 52.5 Å². The zero-order valence-corrected chi connectivity index (χ0v) is 17.2. The third-order valence-electron chi connectivity index (χ3n) is 5.04. The predicted molar refractivity (Wildman–Crippen MR) is 108 cm³/mol. The molecule has 0 aliphatic carbocycles. The number of hydrogen-bond donors (Lipinski definition) is 1. The van der Waals surface area contributed by atoms with Gasteiger partial charge in [-0.05, 0) is 12.1 Å². The third kappa shape index (κ3) is 4.51. The van der Waals surface area contributed by atoms with Gasteiger partial charge >= 0.3 is 0 Å². The lowest BCUT2D eigenvalue weighted by Gasteiger charge is -2.32. The minimum Gasteiger partial charge on any atom is -0.496 e. The molecule has 2 aromatic carbocycles. The standard InChI is InChI=1S/C21H25ClN2O4/c1-26-18-13-20(28-3)19(27-2)12-17(18)21(25)24-9-7-23(8-10-24)14-15-5-4-6-16(22)11-15/h4-6,11-13H,7-10,14H2,1-3H3/p+1. The molecule has 1 aliphatic rings. The number of amides is 1. The number of quaternary nitrogens is 1. The second-order valence-electron chi connectivity index (χ2n) is 6.76. The van der Waals surface area contributed by atoms with Crippen LogP contribution < -0.4 is 19.1 Å². The minimum atomic E-state index is -0.0559. The van der Waals surface area contributed by atoms with E-state index in [1.54, 1.807) is 33.5 Å². The second kappa shape index (κ2) is 9.17. The number of carbonyl (C=O) groups excluding carboxylic acids is 1. The molecule has 1 saturated heterocycles. The van der Waals surface area contributed by atoms with Crippen LogP contribution in [0.3, 0.4) is 0 Å². The molecule has 0 bridgehead atoms. The highest BCUT2D eigenvalue weighted by Crippen LogP contribution is 2.35. The summed E-state index contributed by atoms with van der Waals surface area (Å²) in [5.41, 5.74) is 1.70. The van der Waals surface area contributed by atoms with E-state index in [9.17, 15) is 4.79 Å². The van der Waals surface area contributed by atoms with Gasteiger partial charge in [-0.15, -0.1) is 0 Å². The molecule has 7 heteroatoms. The van der Waals surface area contributed by atoms with Crippen LogP contribution in [0, 0.1) is 0 Å². The molecule has 0 atom stereocenters. The lowest BCUT2D eigenvalue weighted by atomic mass is 10.1. The van der Waals surface area contributed by atoms with Gasteiger partial charge in [-0.1, -0.05) is 23.7 Å². The fourth-order valence-corrected chi connectivity index (χ4v) is 3.72. The zero-order chi connectivity index (χ0) is 20.1. The van der Waals surface area contributed by atoms with Crippen LogP contribution in [0.15, 0.2) is 36.4 Å². The Bertz CT molecular complexity index is 835. The Labute approximate surface area is 170 Å². The van der Waals surface area contributed by atoms with Gasteiger partial charge in [0.15, 0.2) is 11.5 Å². The number of nitrogens with one attached hydrogen (secondary N) is 1. The van der Waals surface area contributed by atoms with Gasteiger partial charge in [-0.25, -0.2) is 0 Å². The van der Waals surface area contributed by atoms with Crippen molar-refractivity contribution in [3.63, 3.8) is 0 Å². The van der Waals surface area contributed by atoms with Gasteiger partial charge in [-0.2, -0.15) is 0 Å². The van der Waals surface area contributed by atoms with E-state index >= 15 is 0 Å². The molecule has 150 valence electrons. The molecular weight excluding hydrogens is 380 g/mol. The van der Waals surface area contributed by atoms with Gasteiger partial charge in [-0.3, -0.25) is 4.79 Å². The maximum Gasteiger partial charge on any atom is 0.258 e. The molecule has 3 rings (SSSR count). The molecule has 0 saturated carbocycles. The van der Waals surface area contributed by atoms with E-state index in [-0.39, 0.29) is 5.91 Å². The first-order chi connectivity index (χ1) is 13.5. The van der Waals surface area contributed by atoms with Crippen molar-refractivity contribution in [2.45, 2.75) is 6.54 Å². The number of ether oxygens (including phenoxy) is 3. The van der Waals surface area contributed by atoms with E-state index in [0.29, 0.717) is 35.9 Å². The van der Waals surface area contributed by atoms with Crippen molar-refractivity contribution in [2.75, 3.05) is 47.5 Å². The number of benzene rings is 2. The maximum atomic E-state index is 13.1. The first-order valence-corrected chi connectivity index (χ1v) is 9.60. The molecule has 1 fully saturated rings. The maximum absolute atomic E-state index is 13.1. The molecule has 1 aliphatic heterocycles. The van der Waals surface area contributed by atoms with Crippen molar-refractivity contribution < 1.29 is 23.9 Å². The van der Waals surface area contributed by atoms with Gasteiger partial charge in [0.2, 0.25) is 0 Å². The number of rotatable bonds is 6. The van der Waals surface area contributed by atoms with E-state index in [1.807, 2.05) is 23.1 Å². The summed E-state index contributed by atoms with van der Waals surface area (Å²) in [7, 11) is 4.66. The van der Waals surface area contributed by atoms with Crippen molar-refractivity contribution in [1.82, 2.24) is 4.90 Å². The quantitative estimate of drug-likeness (QED) is 0.797. The fraction of sp³-hybridized carbons (Fsp3) is 0.381. The number of hydrogen-bond acceptors (Lipinski definition) is 4. The van der Waals surface area contributed by atoms with Gasteiger partial charge in [0.25, 0.3) is 5.91 Å². The third-order valence-corrected chi connectivity index (χ3v) is 5.27. The van der Waals surface area contributed by atoms with Crippen molar-refractivity contribution >= 4 is 17.5 Å². The Hall–Kier alpha value is -2.44. The zero-order valence-electron chi connectivity index (χ0n) is 16.5. The fourth-order valence-electron chi connectivity index (χ4n) is 3.51. The monoisotopic (exact) mass is 405 g/mol. The lowest BCUT2D eigenvalue weighted by Crippen LogP contribution is -3.13. The Morgan fingerprint density at radius 1 is 1.00 bits per heavy atom. The molecule has 2 aromatic rings. The van der Waals surface area contributed by atoms with Crippen molar-refractivity contribution in [1.29, 1.82) is 0 Å². The highest BCUT2D eigenvalue weighted by Gasteiger charge is 2.27. The summed E-state index contributed by atoms with van der Waals surface area (Å²) in [4.78, 5) is 16.4. The van der Waals surface area contributed by atoms with Crippen LogP contribution in [-0.2, 0) is 6.54 Å². The van der Waals surface area contributed by atoms with E-state index in [4.69, 9.17) is 25.8 Å². The van der Waals surface area contributed by atoms with Crippen LogP contribution in [0.25, 0.3) is 0 Å². The molecule has 1 amide bonds. The summed E-state index contributed by atoms with van der Waals surface area (Å²) in [5, 5.41) is 0.756. The van der Waals surface area contributed by atoms with Gasteiger partial charge in [0, 0.05) is 22.7 Å². The Balaban J connectivity index is 1.68. The SMILES string of the molecule is COc1cc(OC)c(C(=O)N2CC[NH+](Cc3cccc(Cl)c3)CC2)cc1OC. The van der Waals surface area contributed by atoms with Gasteiger partial charge in [0.05, 0.1) is 53.1 Å². The smallest absolute Gasteiger partial charge is 0.258 e. The first-order valence-electron chi connectivity index (χ1n) is 9.23. The second-order valence-corrected chi connectivity index (χ2v) is 7.19. The average molecular weight is 406 g/mol. The Morgan fingerprint density at radius 2 is 1.64 bits per heavy atom. The van der Waals surface area contributed by atoms with Crippen LogP contribution in [0.2, 0.25) is 5.02 Å². The Kier molecular flexibility index (Phi) is 6.65. The summed E-state index contributed by atoms with van der Waals surface area (Å²) in [6.45, 7) is 4.04. The number of halogens is 1. The van der Waals surface area contributed by atoms with Crippen molar-refractivity contribution in [2.24, 2.45) is 0 Å².